The number of Topliss-reactive ketones (excluding diaryl/α,β-unsaturated/α-hetero) is 1. The minimum absolute atomic E-state index is 0.120. The van der Waals surface area contributed by atoms with Crippen LogP contribution in [0.25, 0.3) is 0 Å². The first-order chi connectivity index (χ1) is 20.7. The van der Waals surface area contributed by atoms with Crippen LogP contribution in [0.1, 0.15) is 48.0 Å². The molecular formula is C28H29F3N2O11. The van der Waals surface area contributed by atoms with Crippen molar-refractivity contribution in [2.45, 2.75) is 69.8 Å². The number of fused-ring (bicyclic) bond motifs is 1. The maximum atomic E-state index is 13.3. The fraction of sp³-hybridized carbons (Fsp3) is 0.464. The summed E-state index contributed by atoms with van der Waals surface area (Å²) in [4.78, 5) is 47.4. The Hall–Kier alpha value is -4.28. The molecule has 2 aliphatic rings. The van der Waals surface area contributed by atoms with E-state index in [0.29, 0.717) is 22.6 Å². The van der Waals surface area contributed by atoms with Gasteiger partial charge in [0.1, 0.15) is 23.7 Å². The monoisotopic (exact) mass is 626 g/mol. The molecule has 238 valence electrons. The van der Waals surface area contributed by atoms with Crippen molar-refractivity contribution in [2.75, 3.05) is 14.2 Å². The number of halogens is 3. The molecule has 0 bridgehead atoms. The number of ketones is 1. The number of nitro benzene ring substituents is 1. The SMILES string of the molecule is COc1ccc(OC)c2c1C[C@H](C(C)=O)O[C@H]2O[C@H]1C[C@H](NC(=O)C(F)(F)F)[C@H](OC(=O)c2ccc([N+](=O)[O-])cc2)[C@H](C)O1. The van der Waals surface area contributed by atoms with Gasteiger partial charge < -0.3 is 33.7 Å². The van der Waals surface area contributed by atoms with Crippen molar-refractivity contribution < 1.29 is 60.9 Å². The molecule has 1 saturated heterocycles. The Morgan fingerprint density at radius 2 is 1.66 bits per heavy atom. The van der Waals surface area contributed by atoms with E-state index in [1.807, 2.05) is 5.32 Å². The lowest BCUT2D eigenvalue weighted by Crippen LogP contribution is -2.58. The van der Waals surface area contributed by atoms with Crippen molar-refractivity contribution in [3.63, 3.8) is 0 Å². The van der Waals surface area contributed by atoms with E-state index in [4.69, 9.17) is 28.4 Å². The number of amides is 1. The molecule has 0 radical (unpaired) electrons. The van der Waals surface area contributed by atoms with Gasteiger partial charge in [0.25, 0.3) is 5.69 Å². The summed E-state index contributed by atoms with van der Waals surface area (Å²) >= 11 is 0. The highest BCUT2D eigenvalue weighted by atomic mass is 19.4. The number of benzene rings is 2. The molecule has 44 heavy (non-hydrogen) atoms. The second kappa shape index (κ2) is 13.2. The van der Waals surface area contributed by atoms with Gasteiger partial charge in [-0.15, -0.1) is 0 Å². The van der Waals surface area contributed by atoms with Crippen molar-refractivity contribution in [1.29, 1.82) is 0 Å². The fourth-order valence-electron chi connectivity index (χ4n) is 5.00. The summed E-state index contributed by atoms with van der Waals surface area (Å²) < 4.78 is 73.9. The van der Waals surface area contributed by atoms with Gasteiger partial charge in [0.15, 0.2) is 18.4 Å². The number of nitrogens with zero attached hydrogens (tertiary/aromatic N) is 1. The molecule has 1 fully saturated rings. The van der Waals surface area contributed by atoms with Crippen molar-refractivity contribution in [3.8, 4) is 11.5 Å². The predicted octanol–water partition coefficient (Wildman–Crippen LogP) is 3.57. The van der Waals surface area contributed by atoms with Gasteiger partial charge in [0.2, 0.25) is 0 Å². The van der Waals surface area contributed by atoms with Crippen LogP contribution in [0.5, 0.6) is 11.5 Å². The summed E-state index contributed by atoms with van der Waals surface area (Å²) in [5.74, 6) is -2.87. The van der Waals surface area contributed by atoms with Gasteiger partial charge >= 0.3 is 18.1 Å². The summed E-state index contributed by atoms with van der Waals surface area (Å²) in [7, 11) is 2.84. The molecule has 13 nitrogen and oxygen atoms in total. The highest BCUT2D eigenvalue weighted by Crippen LogP contribution is 2.43. The maximum absolute atomic E-state index is 13.3. The molecule has 2 aromatic rings. The third kappa shape index (κ3) is 7.09. The van der Waals surface area contributed by atoms with E-state index >= 15 is 0 Å². The lowest BCUT2D eigenvalue weighted by molar-refractivity contribution is -0.384. The molecule has 4 rings (SSSR count). The summed E-state index contributed by atoms with van der Waals surface area (Å²) in [6.45, 7) is 2.72. The van der Waals surface area contributed by atoms with Crippen LogP contribution in [0.4, 0.5) is 18.9 Å². The first kappa shape index (κ1) is 32.6. The number of esters is 1. The lowest BCUT2D eigenvalue weighted by atomic mass is 9.94. The van der Waals surface area contributed by atoms with Gasteiger partial charge in [-0.2, -0.15) is 13.2 Å². The van der Waals surface area contributed by atoms with E-state index in [2.05, 4.69) is 0 Å². The van der Waals surface area contributed by atoms with Crippen LogP contribution < -0.4 is 14.8 Å². The molecule has 2 aliphatic heterocycles. The van der Waals surface area contributed by atoms with Gasteiger partial charge in [0, 0.05) is 30.5 Å². The molecule has 0 aliphatic carbocycles. The van der Waals surface area contributed by atoms with Gasteiger partial charge in [-0.1, -0.05) is 0 Å². The molecule has 0 unspecified atom stereocenters. The van der Waals surface area contributed by atoms with Crippen molar-refractivity contribution >= 4 is 23.3 Å². The summed E-state index contributed by atoms with van der Waals surface area (Å²) in [5.41, 5.74) is 0.525. The molecular weight excluding hydrogens is 597 g/mol. The fourth-order valence-corrected chi connectivity index (χ4v) is 5.00. The molecule has 0 spiro atoms. The Bertz CT molecular complexity index is 1420. The van der Waals surface area contributed by atoms with Crippen LogP contribution in [-0.4, -0.2) is 73.6 Å². The van der Waals surface area contributed by atoms with Gasteiger partial charge in [-0.25, -0.2) is 4.79 Å². The van der Waals surface area contributed by atoms with E-state index in [1.165, 1.54) is 28.1 Å². The largest absolute Gasteiger partial charge is 0.496 e. The zero-order chi connectivity index (χ0) is 32.3. The number of carbonyl (C=O) groups excluding carboxylic acids is 3. The minimum Gasteiger partial charge on any atom is -0.496 e. The van der Waals surface area contributed by atoms with E-state index in [9.17, 15) is 37.7 Å². The highest BCUT2D eigenvalue weighted by molar-refractivity contribution is 5.90. The van der Waals surface area contributed by atoms with E-state index in [0.717, 1.165) is 24.3 Å². The van der Waals surface area contributed by atoms with Crippen LogP contribution in [0.3, 0.4) is 0 Å². The maximum Gasteiger partial charge on any atom is 0.471 e. The molecule has 2 aromatic carbocycles. The molecule has 1 N–H and O–H groups in total. The first-order valence-electron chi connectivity index (χ1n) is 13.3. The second-order valence-electron chi connectivity index (χ2n) is 10.0. The van der Waals surface area contributed by atoms with Crippen LogP contribution in [0.2, 0.25) is 0 Å². The Balaban J connectivity index is 1.61. The number of carbonyl (C=O) groups is 3. The van der Waals surface area contributed by atoms with Gasteiger partial charge in [0.05, 0.1) is 42.4 Å². The molecule has 16 heteroatoms. The number of ether oxygens (including phenoxy) is 6. The molecule has 2 heterocycles. The second-order valence-corrected chi connectivity index (χ2v) is 10.0. The molecule has 1 amide bonds. The summed E-state index contributed by atoms with van der Waals surface area (Å²) in [6.07, 6.45) is -11.7. The number of nitro groups is 1. The van der Waals surface area contributed by atoms with Crippen LogP contribution >= 0.6 is 0 Å². The van der Waals surface area contributed by atoms with E-state index in [-0.39, 0.29) is 23.5 Å². The number of non-ortho nitro benzene ring substituents is 1. The number of rotatable bonds is 9. The smallest absolute Gasteiger partial charge is 0.471 e. The molecule has 6 atom stereocenters. The third-order valence-electron chi connectivity index (χ3n) is 7.16. The quantitative estimate of drug-likeness (QED) is 0.246. The topological polar surface area (TPSA) is 162 Å². The number of hydrogen-bond donors (Lipinski definition) is 1. The average Bonchev–Trinajstić information content (AvgIpc) is 2.97. The van der Waals surface area contributed by atoms with Gasteiger partial charge in [-0.3, -0.25) is 19.7 Å². The van der Waals surface area contributed by atoms with E-state index in [1.54, 1.807) is 12.1 Å². The summed E-state index contributed by atoms with van der Waals surface area (Å²) in [6, 6.07) is 6.13. The molecule has 0 saturated carbocycles. The van der Waals surface area contributed by atoms with Crippen molar-refractivity contribution in [2.24, 2.45) is 0 Å². The van der Waals surface area contributed by atoms with Crippen LogP contribution in [0, 0.1) is 10.1 Å². The lowest BCUT2D eigenvalue weighted by Gasteiger charge is -2.42. The zero-order valence-corrected chi connectivity index (χ0v) is 23.9. The first-order valence-corrected chi connectivity index (χ1v) is 13.3. The summed E-state index contributed by atoms with van der Waals surface area (Å²) in [5, 5.41) is 12.8. The Labute approximate surface area is 248 Å². The Morgan fingerprint density at radius 3 is 2.23 bits per heavy atom. The third-order valence-corrected chi connectivity index (χ3v) is 7.16. The standard InChI is InChI=1S/C28H29F3N2O11/c1-13(34)21-11-17-19(39-3)9-10-20(40-4)23(17)26(42-21)43-22-12-18(32-27(36)28(29,30)31)24(14(2)41-22)44-25(35)15-5-7-16(8-6-15)33(37)38/h5-10,14,18,21-22,24,26H,11-12H2,1-4H3,(H,32,36)/t14-,18-,21+,22-,24+,26-/m0/s1. The predicted molar refractivity (Wildman–Crippen MR) is 142 cm³/mol. The number of hydrogen-bond acceptors (Lipinski definition) is 11. The number of nitrogens with one attached hydrogen (secondary N) is 1. The zero-order valence-electron chi connectivity index (χ0n) is 23.9. The van der Waals surface area contributed by atoms with Crippen molar-refractivity contribution in [3.05, 3.63) is 63.2 Å². The molecule has 0 aromatic heterocycles. The Kier molecular flexibility index (Phi) is 9.75. The highest BCUT2D eigenvalue weighted by Gasteiger charge is 2.47. The average molecular weight is 627 g/mol. The number of methoxy groups -OCH3 is 2. The van der Waals surface area contributed by atoms with Crippen molar-refractivity contribution in [1.82, 2.24) is 5.32 Å². The van der Waals surface area contributed by atoms with E-state index < -0.39 is 66.3 Å². The minimum atomic E-state index is -5.26. The normalized spacial score (nSPS) is 24.9. The number of alkyl halides is 3. The van der Waals surface area contributed by atoms with Gasteiger partial charge in [-0.05, 0) is 38.1 Å². The van der Waals surface area contributed by atoms with Crippen LogP contribution in [0.15, 0.2) is 36.4 Å². The Morgan fingerprint density at radius 1 is 1.02 bits per heavy atom. The van der Waals surface area contributed by atoms with Crippen LogP contribution in [-0.2, 0) is 35.0 Å².